The highest BCUT2D eigenvalue weighted by Gasteiger charge is 2.06. The van der Waals surface area contributed by atoms with Gasteiger partial charge in [0.05, 0.1) is 16.3 Å². The molecule has 60 valence electrons. The molecule has 2 nitrogen and oxygen atoms in total. The fourth-order valence-corrected chi connectivity index (χ4v) is 1.81. The Morgan fingerprint density at radius 1 is 1.64 bits per heavy atom. The van der Waals surface area contributed by atoms with Crippen LogP contribution in [0, 0.1) is 6.92 Å². The van der Waals surface area contributed by atoms with Gasteiger partial charge in [-0.05, 0) is 24.8 Å². The maximum absolute atomic E-state index is 5.81. The molecule has 1 rings (SSSR count). The first-order valence-electron chi connectivity index (χ1n) is 3.44. The fraction of sp³-hybridized carbons (Fsp3) is 0.375. The number of hydrogen-bond donors (Lipinski definition) is 1. The van der Waals surface area contributed by atoms with E-state index < -0.39 is 0 Å². The lowest BCUT2D eigenvalue weighted by molar-refractivity contribution is 1.42. The molecule has 0 fully saturated rings. The van der Waals surface area contributed by atoms with E-state index in [9.17, 15) is 0 Å². The number of anilines is 1. The van der Waals surface area contributed by atoms with E-state index in [0.29, 0.717) is 0 Å². The first-order valence-corrected chi connectivity index (χ1v) is 4.32. The van der Waals surface area contributed by atoms with Crippen molar-refractivity contribution in [1.29, 1.82) is 0 Å². The third-order valence-electron chi connectivity index (χ3n) is 1.69. The van der Waals surface area contributed by atoms with E-state index in [1.807, 2.05) is 13.8 Å². The van der Waals surface area contributed by atoms with Gasteiger partial charge in [0, 0.05) is 7.05 Å². The lowest BCUT2D eigenvalue weighted by Crippen LogP contribution is -1.96. The Morgan fingerprint density at radius 2 is 2.27 bits per heavy atom. The number of hydrogen-bond acceptors (Lipinski definition) is 3. The molecule has 2 N–H and O–H groups in total. The van der Waals surface area contributed by atoms with Crippen molar-refractivity contribution in [2.24, 2.45) is 4.99 Å². The van der Waals surface area contributed by atoms with Gasteiger partial charge in [-0.25, -0.2) is 0 Å². The van der Waals surface area contributed by atoms with Crippen molar-refractivity contribution in [1.82, 2.24) is 0 Å². The van der Waals surface area contributed by atoms with Crippen LogP contribution < -0.4 is 5.73 Å². The minimum atomic E-state index is 0.873. The molecular weight excluding hydrogens is 156 g/mol. The van der Waals surface area contributed by atoms with Crippen LogP contribution in [0.25, 0.3) is 0 Å². The predicted molar refractivity (Wildman–Crippen MR) is 51.6 cm³/mol. The monoisotopic (exact) mass is 168 g/mol. The van der Waals surface area contributed by atoms with Gasteiger partial charge >= 0.3 is 0 Å². The Morgan fingerprint density at radius 3 is 2.64 bits per heavy atom. The first kappa shape index (κ1) is 8.27. The third-order valence-corrected chi connectivity index (χ3v) is 2.91. The molecule has 0 aliphatic heterocycles. The standard InChI is InChI=1S/C8H12N2S/c1-5-4-11-8(7(5)9)6(2)10-3/h4H,9H2,1-3H3. The van der Waals surface area contributed by atoms with E-state index in [1.165, 1.54) is 0 Å². The van der Waals surface area contributed by atoms with Crippen LogP contribution in [0.3, 0.4) is 0 Å². The van der Waals surface area contributed by atoms with Crippen LogP contribution in [-0.2, 0) is 0 Å². The Balaban J connectivity index is 3.15. The van der Waals surface area contributed by atoms with Crippen LogP contribution in [0.2, 0.25) is 0 Å². The van der Waals surface area contributed by atoms with Gasteiger partial charge < -0.3 is 5.73 Å². The topological polar surface area (TPSA) is 38.4 Å². The lowest BCUT2D eigenvalue weighted by atomic mass is 10.2. The number of nitrogens with two attached hydrogens (primary N) is 1. The normalized spacial score (nSPS) is 12.1. The molecule has 0 aromatic carbocycles. The van der Waals surface area contributed by atoms with Gasteiger partial charge in [0.2, 0.25) is 0 Å². The summed E-state index contributed by atoms with van der Waals surface area (Å²) in [6.45, 7) is 3.99. The minimum Gasteiger partial charge on any atom is -0.397 e. The van der Waals surface area contributed by atoms with E-state index in [-0.39, 0.29) is 0 Å². The zero-order valence-electron chi connectivity index (χ0n) is 7.01. The van der Waals surface area contributed by atoms with E-state index in [2.05, 4.69) is 10.4 Å². The van der Waals surface area contributed by atoms with Gasteiger partial charge in [-0.3, -0.25) is 4.99 Å². The molecule has 1 heterocycles. The fourth-order valence-electron chi connectivity index (χ4n) is 0.835. The molecule has 0 aliphatic rings. The van der Waals surface area contributed by atoms with Crippen LogP contribution in [0.15, 0.2) is 10.4 Å². The molecule has 3 heteroatoms. The number of rotatable bonds is 1. The molecule has 0 radical (unpaired) electrons. The lowest BCUT2D eigenvalue weighted by Gasteiger charge is -1.96. The minimum absolute atomic E-state index is 0.873. The summed E-state index contributed by atoms with van der Waals surface area (Å²) in [5.41, 5.74) is 8.84. The molecule has 0 saturated carbocycles. The second kappa shape index (κ2) is 3.05. The largest absolute Gasteiger partial charge is 0.397 e. The van der Waals surface area contributed by atoms with Gasteiger partial charge in [-0.2, -0.15) is 0 Å². The summed E-state index contributed by atoms with van der Waals surface area (Å²) in [5, 5.41) is 2.05. The molecule has 0 spiro atoms. The van der Waals surface area contributed by atoms with Crippen molar-refractivity contribution in [3.05, 3.63) is 15.8 Å². The maximum atomic E-state index is 5.81. The van der Waals surface area contributed by atoms with Crippen molar-refractivity contribution in [3.63, 3.8) is 0 Å². The van der Waals surface area contributed by atoms with Crippen LogP contribution in [0.5, 0.6) is 0 Å². The second-order valence-electron chi connectivity index (χ2n) is 2.47. The number of nitrogen functional groups attached to an aromatic ring is 1. The molecule has 0 aliphatic carbocycles. The molecule has 0 atom stereocenters. The summed E-state index contributed by atoms with van der Waals surface area (Å²) < 4.78 is 0. The van der Waals surface area contributed by atoms with E-state index in [1.54, 1.807) is 18.4 Å². The van der Waals surface area contributed by atoms with Crippen LogP contribution in [0.1, 0.15) is 17.4 Å². The quantitative estimate of drug-likeness (QED) is 0.640. The van der Waals surface area contributed by atoms with Crippen molar-refractivity contribution in [2.45, 2.75) is 13.8 Å². The van der Waals surface area contributed by atoms with E-state index in [4.69, 9.17) is 5.73 Å². The van der Waals surface area contributed by atoms with Gasteiger partial charge in [0.15, 0.2) is 0 Å². The summed E-state index contributed by atoms with van der Waals surface area (Å²) in [6.07, 6.45) is 0. The SMILES string of the molecule is CN=C(C)c1scc(C)c1N. The zero-order chi connectivity index (χ0) is 8.43. The molecule has 1 aromatic heterocycles. The predicted octanol–water partition coefficient (Wildman–Crippen LogP) is 2.08. The third kappa shape index (κ3) is 1.43. The maximum Gasteiger partial charge on any atom is 0.0709 e. The summed E-state index contributed by atoms with van der Waals surface area (Å²) >= 11 is 1.65. The molecule has 0 saturated heterocycles. The zero-order valence-corrected chi connectivity index (χ0v) is 7.83. The van der Waals surface area contributed by atoms with Gasteiger partial charge in [0.1, 0.15) is 0 Å². The van der Waals surface area contributed by atoms with Crippen LogP contribution >= 0.6 is 11.3 Å². The van der Waals surface area contributed by atoms with Crippen LogP contribution in [0.4, 0.5) is 5.69 Å². The average Bonchev–Trinajstić information content (AvgIpc) is 2.32. The molecule has 0 bridgehead atoms. The summed E-state index contributed by atoms with van der Waals surface area (Å²) in [6, 6.07) is 0. The Bertz CT molecular complexity index is 286. The molecular formula is C8H12N2S. The van der Waals surface area contributed by atoms with Gasteiger partial charge in [-0.1, -0.05) is 0 Å². The number of thiophene rings is 1. The Hall–Kier alpha value is -0.830. The summed E-state index contributed by atoms with van der Waals surface area (Å²) in [7, 11) is 1.78. The first-order chi connectivity index (χ1) is 5.16. The highest BCUT2D eigenvalue weighted by molar-refractivity contribution is 7.13. The van der Waals surface area contributed by atoms with Crippen molar-refractivity contribution in [2.75, 3.05) is 12.8 Å². The molecule has 1 aromatic rings. The highest BCUT2D eigenvalue weighted by atomic mass is 32.1. The average molecular weight is 168 g/mol. The van der Waals surface area contributed by atoms with E-state index in [0.717, 1.165) is 21.8 Å². The van der Waals surface area contributed by atoms with Crippen molar-refractivity contribution in [3.8, 4) is 0 Å². The highest BCUT2D eigenvalue weighted by Crippen LogP contribution is 2.24. The van der Waals surface area contributed by atoms with Crippen LogP contribution in [-0.4, -0.2) is 12.8 Å². The molecule has 0 amide bonds. The number of aliphatic imine (C=N–C) groups is 1. The summed E-state index contributed by atoms with van der Waals surface area (Å²) in [5.74, 6) is 0. The number of nitrogens with zero attached hydrogens (tertiary/aromatic N) is 1. The Kier molecular flexibility index (Phi) is 2.29. The van der Waals surface area contributed by atoms with E-state index >= 15 is 0 Å². The van der Waals surface area contributed by atoms with Gasteiger partial charge in [0.25, 0.3) is 0 Å². The van der Waals surface area contributed by atoms with Gasteiger partial charge in [-0.15, -0.1) is 11.3 Å². The summed E-state index contributed by atoms with van der Waals surface area (Å²) in [4.78, 5) is 5.18. The molecule has 11 heavy (non-hydrogen) atoms. The Labute approximate surface area is 70.8 Å². The van der Waals surface area contributed by atoms with Crippen molar-refractivity contribution >= 4 is 22.7 Å². The van der Waals surface area contributed by atoms with Crippen molar-refractivity contribution < 1.29 is 0 Å². The smallest absolute Gasteiger partial charge is 0.0709 e. The number of aryl methyl sites for hydroxylation is 1. The molecule has 0 unspecified atom stereocenters. The second-order valence-corrected chi connectivity index (χ2v) is 3.35.